The number of anilines is 1. The van der Waals surface area contributed by atoms with Gasteiger partial charge in [-0.2, -0.15) is 9.78 Å². The minimum absolute atomic E-state index is 0.0988. The van der Waals surface area contributed by atoms with Crippen molar-refractivity contribution in [1.82, 2.24) is 29.7 Å². The van der Waals surface area contributed by atoms with E-state index in [1.54, 1.807) is 25.2 Å². The number of rotatable bonds is 4. The molecule has 0 radical (unpaired) electrons. The van der Waals surface area contributed by atoms with Gasteiger partial charge < -0.3 is 19.8 Å². The Morgan fingerprint density at radius 2 is 1.97 bits per heavy atom. The highest BCUT2D eigenvalue weighted by atomic mass is 16.5. The van der Waals surface area contributed by atoms with Crippen LogP contribution in [-0.4, -0.2) is 49.8 Å². The summed E-state index contributed by atoms with van der Waals surface area (Å²) < 4.78 is 12.4. The third-order valence-electron chi connectivity index (χ3n) is 5.32. The third-order valence-corrected chi connectivity index (χ3v) is 5.32. The Balaban J connectivity index is 1.68. The van der Waals surface area contributed by atoms with Crippen molar-refractivity contribution in [3.63, 3.8) is 0 Å². The van der Waals surface area contributed by atoms with E-state index in [-0.39, 0.29) is 11.8 Å². The van der Waals surface area contributed by atoms with E-state index in [9.17, 15) is 4.79 Å². The minimum atomic E-state index is -0.179. The standard InChI is InChI=1S/C20H19N7O3/c1-10-16-12(11-4-5-13(29-2)14(6-11)30-3)7-15(28)25-19(16)27(26-10)20-17-18(22-8-21-17)23-9-24-20/h4-6,8-9,12H,7H2,1-3H3,(H,25,28)(H,21,22,23,24)/t12-/m1/s1. The van der Waals surface area contributed by atoms with Crippen molar-refractivity contribution >= 4 is 22.9 Å². The van der Waals surface area contributed by atoms with Gasteiger partial charge in [-0.3, -0.25) is 4.79 Å². The van der Waals surface area contributed by atoms with Crippen molar-refractivity contribution in [2.75, 3.05) is 19.5 Å². The highest BCUT2D eigenvalue weighted by Gasteiger charge is 2.33. The van der Waals surface area contributed by atoms with E-state index < -0.39 is 0 Å². The number of benzene rings is 1. The lowest BCUT2D eigenvalue weighted by atomic mass is 9.85. The van der Waals surface area contributed by atoms with Crippen molar-refractivity contribution < 1.29 is 14.3 Å². The minimum Gasteiger partial charge on any atom is -0.493 e. The van der Waals surface area contributed by atoms with Crippen LogP contribution in [0.4, 0.5) is 5.82 Å². The molecule has 5 rings (SSSR count). The Morgan fingerprint density at radius 1 is 1.13 bits per heavy atom. The van der Waals surface area contributed by atoms with Crippen LogP contribution in [0.5, 0.6) is 11.5 Å². The van der Waals surface area contributed by atoms with Crippen LogP contribution < -0.4 is 14.8 Å². The molecule has 30 heavy (non-hydrogen) atoms. The smallest absolute Gasteiger partial charge is 0.226 e. The Labute approximate surface area is 171 Å². The normalized spacial score (nSPS) is 15.7. The molecular weight excluding hydrogens is 386 g/mol. The van der Waals surface area contributed by atoms with Gasteiger partial charge in [-0.15, -0.1) is 0 Å². The second-order valence-corrected chi connectivity index (χ2v) is 6.98. The number of carbonyl (C=O) groups is 1. The van der Waals surface area contributed by atoms with Gasteiger partial charge in [0.15, 0.2) is 23.0 Å². The number of fused-ring (bicyclic) bond motifs is 2. The van der Waals surface area contributed by atoms with Crippen LogP contribution in [0.25, 0.3) is 17.0 Å². The van der Waals surface area contributed by atoms with Crippen molar-refractivity contribution in [2.24, 2.45) is 0 Å². The number of nitrogens with zero attached hydrogens (tertiary/aromatic N) is 5. The number of carbonyl (C=O) groups excluding carboxylic acids is 1. The molecule has 3 aromatic heterocycles. The van der Waals surface area contributed by atoms with Crippen LogP contribution in [0, 0.1) is 6.92 Å². The predicted molar refractivity (Wildman–Crippen MR) is 108 cm³/mol. The number of ether oxygens (including phenoxy) is 2. The van der Waals surface area contributed by atoms with Gasteiger partial charge in [-0.1, -0.05) is 6.07 Å². The summed E-state index contributed by atoms with van der Waals surface area (Å²) in [7, 11) is 3.18. The van der Waals surface area contributed by atoms with Crippen LogP contribution in [0.3, 0.4) is 0 Å². The van der Waals surface area contributed by atoms with Gasteiger partial charge in [-0.25, -0.2) is 15.0 Å². The SMILES string of the molecule is COc1ccc([C@H]2CC(=O)Nc3c2c(C)nn3-c2ncnc3nc[nH]c23)cc1OC. The molecule has 2 N–H and O–H groups in total. The number of nitrogens with one attached hydrogen (secondary N) is 2. The summed E-state index contributed by atoms with van der Waals surface area (Å²) in [6.45, 7) is 1.92. The number of aromatic amines is 1. The zero-order valence-corrected chi connectivity index (χ0v) is 16.6. The summed E-state index contributed by atoms with van der Waals surface area (Å²) in [6.07, 6.45) is 3.29. The molecule has 1 aliphatic heterocycles. The summed E-state index contributed by atoms with van der Waals surface area (Å²) in [4.78, 5) is 28.4. The second-order valence-electron chi connectivity index (χ2n) is 6.98. The number of imidazole rings is 1. The number of H-pyrrole nitrogens is 1. The maximum absolute atomic E-state index is 12.6. The quantitative estimate of drug-likeness (QED) is 0.535. The number of methoxy groups -OCH3 is 2. The predicted octanol–water partition coefficient (Wildman–Crippen LogP) is 2.34. The summed E-state index contributed by atoms with van der Waals surface area (Å²) >= 11 is 0. The highest BCUT2D eigenvalue weighted by Crippen LogP contribution is 2.42. The molecule has 10 heteroatoms. The van der Waals surface area contributed by atoms with Crippen molar-refractivity contribution in [1.29, 1.82) is 0 Å². The first kappa shape index (κ1) is 18.1. The maximum Gasteiger partial charge on any atom is 0.226 e. The average Bonchev–Trinajstić information content (AvgIpc) is 3.37. The Kier molecular flexibility index (Phi) is 4.12. The summed E-state index contributed by atoms with van der Waals surface area (Å²) in [5.74, 6) is 2.09. The molecule has 10 nitrogen and oxygen atoms in total. The number of aryl methyl sites for hydroxylation is 1. The van der Waals surface area contributed by atoms with Gasteiger partial charge in [-0.05, 0) is 24.6 Å². The maximum atomic E-state index is 12.6. The second kappa shape index (κ2) is 6.83. The van der Waals surface area contributed by atoms with E-state index in [0.29, 0.717) is 40.7 Å². The van der Waals surface area contributed by atoms with E-state index in [1.165, 1.54) is 6.33 Å². The highest BCUT2D eigenvalue weighted by molar-refractivity contribution is 5.95. The molecule has 0 saturated carbocycles. The first-order valence-corrected chi connectivity index (χ1v) is 9.36. The molecule has 4 heterocycles. The molecule has 0 saturated heterocycles. The molecule has 0 spiro atoms. The number of amides is 1. The summed E-state index contributed by atoms with van der Waals surface area (Å²) in [6, 6.07) is 5.70. The van der Waals surface area contributed by atoms with Crippen LogP contribution in [0.2, 0.25) is 0 Å². The van der Waals surface area contributed by atoms with Crippen LogP contribution in [0.1, 0.15) is 29.2 Å². The topological polar surface area (TPSA) is 120 Å². The summed E-state index contributed by atoms with van der Waals surface area (Å²) in [5, 5.41) is 7.65. The van der Waals surface area contributed by atoms with Crippen LogP contribution >= 0.6 is 0 Å². The average molecular weight is 405 g/mol. The van der Waals surface area contributed by atoms with Crippen molar-refractivity contribution in [3.8, 4) is 17.3 Å². The third kappa shape index (κ3) is 2.68. The molecule has 1 aliphatic rings. The molecule has 0 fully saturated rings. The molecule has 0 unspecified atom stereocenters. The lowest BCUT2D eigenvalue weighted by Gasteiger charge is -2.25. The first-order chi connectivity index (χ1) is 14.6. The molecule has 1 amide bonds. The van der Waals surface area contributed by atoms with Crippen molar-refractivity contribution in [3.05, 3.63) is 47.7 Å². The van der Waals surface area contributed by atoms with Crippen molar-refractivity contribution in [2.45, 2.75) is 19.3 Å². The molecule has 1 atom stereocenters. The fraction of sp³-hybridized carbons (Fsp3) is 0.250. The lowest BCUT2D eigenvalue weighted by Crippen LogP contribution is -2.25. The van der Waals surface area contributed by atoms with E-state index in [0.717, 1.165) is 16.8 Å². The van der Waals surface area contributed by atoms with Gasteiger partial charge >= 0.3 is 0 Å². The molecule has 152 valence electrons. The molecule has 0 aliphatic carbocycles. The van der Waals surface area contributed by atoms with Gasteiger partial charge in [0.05, 0.1) is 26.2 Å². The van der Waals surface area contributed by atoms with E-state index in [1.807, 2.05) is 25.1 Å². The van der Waals surface area contributed by atoms with Gasteiger partial charge in [0.25, 0.3) is 0 Å². The Hall–Kier alpha value is -3.95. The van der Waals surface area contributed by atoms with E-state index in [4.69, 9.17) is 9.47 Å². The van der Waals surface area contributed by atoms with Crippen LogP contribution in [-0.2, 0) is 4.79 Å². The van der Waals surface area contributed by atoms with Crippen LogP contribution in [0.15, 0.2) is 30.9 Å². The van der Waals surface area contributed by atoms with Gasteiger partial charge in [0.2, 0.25) is 5.91 Å². The lowest BCUT2D eigenvalue weighted by molar-refractivity contribution is -0.116. The van der Waals surface area contributed by atoms with Gasteiger partial charge in [0.1, 0.15) is 17.7 Å². The Bertz CT molecular complexity index is 1280. The molecule has 1 aromatic carbocycles. The van der Waals surface area contributed by atoms with E-state index in [2.05, 4.69) is 30.4 Å². The molecule has 4 aromatic rings. The molecule has 0 bridgehead atoms. The Morgan fingerprint density at radius 3 is 2.77 bits per heavy atom. The number of hydrogen-bond donors (Lipinski definition) is 2. The number of hydrogen-bond acceptors (Lipinski definition) is 7. The fourth-order valence-corrected chi connectivity index (χ4v) is 3.97. The monoisotopic (exact) mass is 405 g/mol. The molecular formula is C20H19N7O3. The number of aromatic nitrogens is 6. The first-order valence-electron chi connectivity index (χ1n) is 9.36. The zero-order valence-electron chi connectivity index (χ0n) is 16.6. The zero-order chi connectivity index (χ0) is 20.8. The van der Waals surface area contributed by atoms with Gasteiger partial charge in [0, 0.05) is 17.9 Å². The largest absolute Gasteiger partial charge is 0.493 e. The summed E-state index contributed by atoms with van der Waals surface area (Å²) in [5.41, 5.74) is 3.86. The fourth-order valence-electron chi connectivity index (χ4n) is 3.97. The van der Waals surface area contributed by atoms with E-state index >= 15 is 0 Å².